The number of likely N-dealkylation sites (N-methyl/N-ethyl adjacent to an activating group) is 1. The summed E-state index contributed by atoms with van der Waals surface area (Å²) in [5.74, 6) is -0.238. The summed E-state index contributed by atoms with van der Waals surface area (Å²) >= 11 is 0. The lowest BCUT2D eigenvalue weighted by molar-refractivity contribution is 0.0669. The normalized spacial score (nSPS) is 11.3. The van der Waals surface area contributed by atoms with Crippen LogP contribution in [0.15, 0.2) is 29.2 Å². The van der Waals surface area contributed by atoms with Crippen molar-refractivity contribution in [2.75, 3.05) is 26.3 Å². The average Bonchev–Trinajstić information content (AvgIpc) is 2.42. The molecule has 0 aliphatic carbocycles. The third-order valence-corrected chi connectivity index (χ3v) is 3.70. The van der Waals surface area contributed by atoms with E-state index in [4.69, 9.17) is 9.88 Å². The Bertz CT molecular complexity index is 557. The Morgan fingerprint density at radius 1 is 1.35 bits per heavy atom. The molecule has 0 bridgehead atoms. The van der Waals surface area contributed by atoms with Crippen molar-refractivity contribution in [2.45, 2.75) is 18.7 Å². The van der Waals surface area contributed by atoms with E-state index in [0.717, 1.165) is 0 Å². The number of carbonyl (C=O) groups is 1. The number of nitrogens with two attached hydrogens (primary N) is 1. The number of amides is 1. The third kappa shape index (κ3) is 4.59. The van der Waals surface area contributed by atoms with Gasteiger partial charge in [-0.3, -0.25) is 4.79 Å². The first-order chi connectivity index (χ1) is 9.40. The first-order valence-electron chi connectivity index (χ1n) is 6.40. The van der Waals surface area contributed by atoms with Gasteiger partial charge in [0.05, 0.1) is 11.5 Å². The van der Waals surface area contributed by atoms with Crippen molar-refractivity contribution in [1.29, 1.82) is 0 Å². The Balaban J connectivity index is 2.90. The molecule has 0 saturated heterocycles. The van der Waals surface area contributed by atoms with Crippen molar-refractivity contribution in [3.8, 4) is 0 Å². The van der Waals surface area contributed by atoms with Crippen molar-refractivity contribution < 1.29 is 17.9 Å². The quantitative estimate of drug-likeness (QED) is 0.755. The zero-order chi connectivity index (χ0) is 15.2. The molecule has 0 fully saturated rings. The topological polar surface area (TPSA) is 89.7 Å². The first kappa shape index (κ1) is 16.6. The molecule has 2 N–H and O–H groups in total. The molecule has 0 aliphatic heterocycles. The summed E-state index contributed by atoms with van der Waals surface area (Å²) in [7, 11) is -3.81. The van der Waals surface area contributed by atoms with Crippen LogP contribution in [0.3, 0.4) is 0 Å². The molecule has 0 aromatic heterocycles. The van der Waals surface area contributed by atoms with E-state index in [-0.39, 0.29) is 10.8 Å². The molecular weight excluding hydrogens is 280 g/mol. The fourth-order valence-corrected chi connectivity index (χ4v) is 2.27. The monoisotopic (exact) mass is 300 g/mol. The number of hydrogen-bond acceptors (Lipinski definition) is 4. The van der Waals surface area contributed by atoms with Gasteiger partial charge in [0.15, 0.2) is 0 Å². The van der Waals surface area contributed by atoms with Crippen molar-refractivity contribution >= 4 is 15.9 Å². The van der Waals surface area contributed by atoms with E-state index in [1.807, 2.05) is 13.8 Å². The summed E-state index contributed by atoms with van der Waals surface area (Å²) < 4.78 is 27.8. The average molecular weight is 300 g/mol. The summed E-state index contributed by atoms with van der Waals surface area (Å²) in [5.41, 5.74) is 0.301. The highest BCUT2D eigenvalue weighted by Gasteiger charge is 2.16. The zero-order valence-corrected chi connectivity index (χ0v) is 12.5. The summed E-state index contributed by atoms with van der Waals surface area (Å²) in [4.78, 5) is 13.8. The van der Waals surface area contributed by atoms with Gasteiger partial charge in [-0.05, 0) is 32.0 Å². The standard InChI is InChI=1S/C13H20N2O4S/c1-3-15(8-9-19-4-2)13(16)11-6-5-7-12(10-11)20(14,17)18/h5-7,10H,3-4,8-9H2,1-2H3,(H2,14,17,18). The number of ether oxygens (including phenoxy) is 1. The van der Waals surface area contributed by atoms with Crippen molar-refractivity contribution in [2.24, 2.45) is 5.14 Å². The van der Waals surface area contributed by atoms with Crippen molar-refractivity contribution in [3.05, 3.63) is 29.8 Å². The summed E-state index contributed by atoms with van der Waals surface area (Å²) in [6.07, 6.45) is 0. The Morgan fingerprint density at radius 3 is 2.60 bits per heavy atom. The number of primary sulfonamides is 1. The van der Waals surface area contributed by atoms with E-state index in [1.54, 1.807) is 11.0 Å². The van der Waals surface area contributed by atoms with E-state index in [0.29, 0.717) is 31.9 Å². The van der Waals surface area contributed by atoms with Crippen LogP contribution in [-0.4, -0.2) is 45.5 Å². The van der Waals surface area contributed by atoms with Gasteiger partial charge >= 0.3 is 0 Å². The number of hydrogen-bond donors (Lipinski definition) is 1. The highest BCUT2D eigenvalue weighted by Crippen LogP contribution is 2.12. The van der Waals surface area contributed by atoms with E-state index >= 15 is 0 Å². The van der Waals surface area contributed by atoms with Crippen LogP contribution in [-0.2, 0) is 14.8 Å². The molecule has 112 valence electrons. The van der Waals surface area contributed by atoms with E-state index in [9.17, 15) is 13.2 Å². The molecule has 1 rings (SSSR count). The van der Waals surface area contributed by atoms with Gasteiger partial charge in [0.2, 0.25) is 10.0 Å². The maximum Gasteiger partial charge on any atom is 0.253 e. The second kappa shape index (κ2) is 7.37. The van der Waals surface area contributed by atoms with Gasteiger partial charge in [0.1, 0.15) is 0 Å². The lowest BCUT2D eigenvalue weighted by Gasteiger charge is -2.21. The molecule has 1 aromatic rings. The van der Waals surface area contributed by atoms with Crippen LogP contribution in [0.2, 0.25) is 0 Å². The lowest BCUT2D eigenvalue weighted by atomic mass is 10.2. The number of nitrogens with zero attached hydrogens (tertiary/aromatic N) is 1. The Kier molecular flexibility index (Phi) is 6.12. The van der Waals surface area contributed by atoms with Gasteiger partial charge in [0, 0.05) is 25.3 Å². The number of rotatable bonds is 7. The molecule has 0 unspecified atom stereocenters. The Hall–Kier alpha value is -1.44. The Morgan fingerprint density at radius 2 is 2.05 bits per heavy atom. The molecule has 0 saturated carbocycles. The van der Waals surface area contributed by atoms with Crippen LogP contribution in [0.5, 0.6) is 0 Å². The molecule has 0 spiro atoms. The summed E-state index contributed by atoms with van der Waals surface area (Å²) in [6, 6.07) is 5.73. The minimum Gasteiger partial charge on any atom is -0.380 e. The Labute approximate surface area is 119 Å². The van der Waals surface area contributed by atoms with Gasteiger partial charge < -0.3 is 9.64 Å². The van der Waals surface area contributed by atoms with Crippen LogP contribution in [0.25, 0.3) is 0 Å². The molecule has 20 heavy (non-hydrogen) atoms. The zero-order valence-electron chi connectivity index (χ0n) is 11.7. The molecule has 0 atom stereocenters. The second-order valence-electron chi connectivity index (χ2n) is 4.15. The third-order valence-electron chi connectivity index (χ3n) is 2.79. The second-order valence-corrected chi connectivity index (χ2v) is 5.72. The SMILES string of the molecule is CCOCCN(CC)C(=O)c1cccc(S(N)(=O)=O)c1. The van der Waals surface area contributed by atoms with E-state index in [2.05, 4.69) is 0 Å². The van der Waals surface area contributed by atoms with Gasteiger partial charge in [0.25, 0.3) is 5.91 Å². The molecule has 7 heteroatoms. The minimum atomic E-state index is -3.81. The molecule has 1 aromatic carbocycles. The molecule has 0 aliphatic rings. The van der Waals surface area contributed by atoms with Gasteiger partial charge in [-0.1, -0.05) is 6.07 Å². The fraction of sp³-hybridized carbons (Fsp3) is 0.462. The minimum absolute atomic E-state index is 0.0655. The van der Waals surface area contributed by atoms with Crippen LogP contribution in [0, 0.1) is 0 Å². The van der Waals surface area contributed by atoms with Crippen molar-refractivity contribution in [1.82, 2.24) is 4.90 Å². The maximum atomic E-state index is 12.3. The van der Waals surface area contributed by atoms with E-state index in [1.165, 1.54) is 18.2 Å². The van der Waals surface area contributed by atoms with E-state index < -0.39 is 10.0 Å². The molecule has 6 nitrogen and oxygen atoms in total. The summed E-state index contributed by atoms with van der Waals surface area (Å²) in [5, 5.41) is 5.06. The largest absolute Gasteiger partial charge is 0.380 e. The van der Waals surface area contributed by atoms with Gasteiger partial charge in [-0.25, -0.2) is 13.6 Å². The van der Waals surface area contributed by atoms with Crippen LogP contribution < -0.4 is 5.14 Å². The van der Waals surface area contributed by atoms with Crippen LogP contribution >= 0.6 is 0 Å². The lowest BCUT2D eigenvalue weighted by Crippen LogP contribution is -2.34. The molecule has 0 radical (unpaired) electrons. The predicted octanol–water partition coefficient (Wildman–Crippen LogP) is 0.833. The highest BCUT2D eigenvalue weighted by molar-refractivity contribution is 7.89. The van der Waals surface area contributed by atoms with Crippen molar-refractivity contribution in [3.63, 3.8) is 0 Å². The van der Waals surface area contributed by atoms with Crippen LogP contribution in [0.1, 0.15) is 24.2 Å². The molecule has 0 heterocycles. The number of carbonyl (C=O) groups excluding carboxylic acids is 1. The van der Waals surface area contributed by atoms with Gasteiger partial charge in [-0.15, -0.1) is 0 Å². The van der Waals surface area contributed by atoms with Crippen LogP contribution in [0.4, 0.5) is 0 Å². The molecular formula is C13H20N2O4S. The van der Waals surface area contributed by atoms with Gasteiger partial charge in [-0.2, -0.15) is 0 Å². The molecule has 1 amide bonds. The fourth-order valence-electron chi connectivity index (χ4n) is 1.71. The predicted molar refractivity (Wildman–Crippen MR) is 75.9 cm³/mol. The summed E-state index contributed by atoms with van der Waals surface area (Å²) in [6.45, 7) is 5.76. The smallest absolute Gasteiger partial charge is 0.253 e. The first-order valence-corrected chi connectivity index (χ1v) is 7.94. The number of sulfonamides is 1. The maximum absolute atomic E-state index is 12.3. The number of benzene rings is 1. The highest BCUT2D eigenvalue weighted by atomic mass is 32.2.